The van der Waals surface area contributed by atoms with E-state index in [-0.39, 0.29) is 12.1 Å². The van der Waals surface area contributed by atoms with Crippen molar-refractivity contribution in [1.29, 1.82) is 0 Å². The van der Waals surface area contributed by atoms with E-state index >= 15 is 0 Å². The highest BCUT2D eigenvalue weighted by atomic mass is 35.5. The maximum Gasteiger partial charge on any atom is 0.243 e. The molecule has 3 aromatic rings. The van der Waals surface area contributed by atoms with Crippen LogP contribution in [0.4, 0.5) is 0 Å². The average molecular weight is 461 g/mol. The molecule has 1 fully saturated rings. The zero-order valence-corrected chi connectivity index (χ0v) is 18.8. The molecule has 0 saturated carbocycles. The molecule has 1 heterocycles. The molecule has 1 aliphatic heterocycles. The topological polar surface area (TPSA) is 40.6 Å². The van der Waals surface area contributed by atoms with E-state index in [1.807, 2.05) is 54.6 Å². The van der Waals surface area contributed by atoms with Crippen LogP contribution in [0.1, 0.15) is 17.2 Å². The van der Waals surface area contributed by atoms with Gasteiger partial charge < -0.3 is 0 Å². The van der Waals surface area contributed by atoms with Gasteiger partial charge in [-0.05, 0) is 47.5 Å². The molecule has 0 spiro atoms. The van der Waals surface area contributed by atoms with E-state index < -0.39 is 10.0 Å². The van der Waals surface area contributed by atoms with Crippen LogP contribution < -0.4 is 0 Å². The standard InChI is InChI=1S/C23H22Cl2N2O2S/c1-26(30(28,29)22-5-3-2-4-6-22)21-15-27(16-21)23(17-7-11-19(24)12-8-17)18-9-13-20(25)14-10-18/h2-14,21,23H,15-16H2,1H3. The molecule has 4 rings (SSSR count). The summed E-state index contributed by atoms with van der Waals surface area (Å²) in [7, 11) is -1.86. The second-order valence-corrected chi connectivity index (χ2v) is 10.3. The molecule has 0 aliphatic carbocycles. The summed E-state index contributed by atoms with van der Waals surface area (Å²) < 4.78 is 27.4. The highest BCUT2D eigenvalue weighted by Crippen LogP contribution is 2.35. The zero-order chi connectivity index (χ0) is 21.3. The number of benzene rings is 3. The van der Waals surface area contributed by atoms with Crippen molar-refractivity contribution in [2.24, 2.45) is 0 Å². The molecule has 0 atom stereocenters. The minimum atomic E-state index is -3.52. The number of likely N-dealkylation sites (N-methyl/N-ethyl adjacent to an activating group) is 1. The van der Waals surface area contributed by atoms with Crippen LogP contribution in [0.2, 0.25) is 10.0 Å². The Balaban J connectivity index is 1.56. The lowest BCUT2D eigenvalue weighted by Gasteiger charge is -2.47. The molecule has 3 aromatic carbocycles. The number of sulfonamides is 1. The van der Waals surface area contributed by atoms with E-state index in [1.54, 1.807) is 31.3 Å². The lowest BCUT2D eigenvalue weighted by molar-refractivity contribution is 0.0620. The Morgan fingerprint density at radius 3 is 1.77 bits per heavy atom. The van der Waals surface area contributed by atoms with Gasteiger partial charge in [0.1, 0.15) is 0 Å². The largest absolute Gasteiger partial charge is 0.289 e. The van der Waals surface area contributed by atoms with Crippen LogP contribution in [-0.2, 0) is 10.0 Å². The van der Waals surface area contributed by atoms with Gasteiger partial charge in [0.25, 0.3) is 0 Å². The lowest BCUT2D eigenvalue weighted by atomic mass is 9.93. The van der Waals surface area contributed by atoms with Gasteiger partial charge in [0.15, 0.2) is 0 Å². The molecule has 0 aromatic heterocycles. The fourth-order valence-corrected chi connectivity index (χ4v) is 5.40. The van der Waals surface area contributed by atoms with E-state index in [9.17, 15) is 8.42 Å². The first kappa shape index (κ1) is 21.3. The quantitative estimate of drug-likeness (QED) is 0.514. The van der Waals surface area contributed by atoms with Crippen molar-refractivity contribution >= 4 is 33.2 Å². The van der Waals surface area contributed by atoms with Crippen LogP contribution in [0.25, 0.3) is 0 Å². The second kappa shape index (κ2) is 8.69. The van der Waals surface area contributed by atoms with E-state index in [4.69, 9.17) is 23.2 Å². The maximum atomic E-state index is 12.9. The Bertz CT molecular complexity index is 1050. The predicted molar refractivity (Wildman–Crippen MR) is 121 cm³/mol. The first-order chi connectivity index (χ1) is 14.4. The summed E-state index contributed by atoms with van der Waals surface area (Å²) in [5, 5.41) is 1.37. The SMILES string of the molecule is CN(C1CN(C(c2ccc(Cl)cc2)c2ccc(Cl)cc2)C1)S(=O)(=O)c1ccccc1. The Hall–Kier alpha value is -1.89. The van der Waals surface area contributed by atoms with Gasteiger partial charge >= 0.3 is 0 Å². The number of likely N-dealkylation sites (tertiary alicyclic amines) is 1. The lowest BCUT2D eigenvalue weighted by Crippen LogP contribution is -2.60. The number of halogens is 2. The van der Waals surface area contributed by atoms with E-state index in [1.165, 1.54) is 4.31 Å². The predicted octanol–water partition coefficient (Wildman–Crippen LogP) is 5.09. The first-order valence-electron chi connectivity index (χ1n) is 9.64. The first-order valence-corrected chi connectivity index (χ1v) is 11.8. The third-order valence-electron chi connectivity index (χ3n) is 5.56. The summed E-state index contributed by atoms with van der Waals surface area (Å²) in [6.07, 6.45) is 0. The van der Waals surface area contributed by atoms with Gasteiger partial charge in [0, 0.05) is 30.2 Å². The van der Waals surface area contributed by atoms with Crippen molar-refractivity contribution in [2.45, 2.75) is 17.0 Å². The Morgan fingerprint density at radius 1 is 0.833 bits per heavy atom. The molecule has 7 heteroatoms. The minimum Gasteiger partial charge on any atom is -0.289 e. The van der Waals surface area contributed by atoms with E-state index in [2.05, 4.69) is 4.90 Å². The molecular weight excluding hydrogens is 439 g/mol. The van der Waals surface area contributed by atoms with Crippen LogP contribution in [0, 0.1) is 0 Å². The van der Waals surface area contributed by atoms with Crippen LogP contribution in [0.15, 0.2) is 83.8 Å². The fraction of sp³-hybridized carbons (Fsp3) is 0.217. The summed E-state index contributed by atoms with van der Waals surface area (Å²) in [6.45, 7) is 1.27. The molecule has 4 nitrogen and oxygen atoms in total. The molecule has 0 amide bonds. The van der Waals surface area contributed by atoms with E-state index in [0.717, 1.165) is 11.1 Å². The number of hydrogen-bond acceptors (Lipinski definition) is 3. The normalized spacial score (nSPS) is 15.5. The Labute approximate surface area is 187 Å². The minimum absolute atomic E-state index is 0.00335. The molecule has 0 radical (unpaired) electrons. The van der Waals surface area contributed by atoms with Crippen molar-refractivity contribution in [2.75, 3.05) is 20.1 Å². The third kappa shape index (κ3) is 4.27. The summed E-state index contributed by atoms with van der Waals surface area (Å²) in [5.74, 6) is 0. The summed E-state index contributed by atoms with van der Waals surface area (Å²) in [5.41, 5.74) is 2.21. The smallest absolute Gasteiger partial charge is 0.243 e. The van der Waals surface area contributed by atoms with Crippen LogP contribution in [0.3, 0.4) is 0 Å². The molecule has 0 N–H and O–H groups in total. The maximum absolute atomic E-state index is 12.9. The molecule has 30 heavy (non-hydrogen) atoms. The monoisotopic (exact) mass is 460 g/mol. The van der Waals surface area contributed by atoms with Crippen molar-refractivity contribution in [3.63, 3.8) is 0 Å². The molecule has 0 bridgehead atoms. The molecule has 0 unspecified atom stereocenters. The van der Waals surface area contributed by atoms with Crippen molar-refractivity contribution in [3.05, 3.63) is 100 Å². The number of hydrogen-bond donors (Lipinski definition) is 0. The highest BCUT2D eigenvalue weighted by Gasteiger charge is 2.40. The summed E-state index contributed by atoms with van der Waals surface area (Å²) >= 11 is 12.2. The van der Waals surface area contributed by atoms with Crippen LogP contribution in [0.5, 0.6) is 0 Å². The van der Waals surface area contributed by atoms with Crippen molar-refractivity contribution in [1.82, 2.24) is 9.21 Å². The van der Waals surface area contributed by atoms with Gasteiger partial charge in [0.2, 0.25) is 10.0 Å². The van der Waals surface area contributed by atoms with Gasteiger partial charge in [-0.3, -0.25) is 4.90 Å². The summed E-state index contributed by atoms with van der Waals surface area (Å²) in [4.78, 5) is 2.59. The van der Waals surface area contributed by atoms with Gasteiger partial charge in [-0.15, -0.1) is 0 Å². The van der Waals surface area contributed by atoms with Crippen LogP contribution in [-0.4, -0.2) is 43.8 Å². The Morgan fingerprint density at radius 2 is 1.30 bits per heavy atom. The van der Waals surface area contributed by atoms with Crippen molar-refractivity contribution < 1.29 is 8.42 Å². The second-order valence-electron chi connectivity index (χ2n) is 7.45. The van der Waals surface area contributed by atoms with Crippen LogP contribution >= 0.6 is 23.2 Å². The fourth-order valence-electron chi connectivity index (χ4n) is 3.79. The van der Waals surface area contributed by atoms with Gasteiger partial charge in [-0.25, -0.2) is 8.42 Å². The highest BCUT2D eigenvalue weighted by molar-refractivity contribution is 7.89. The van der Waals surface area contributed by atoms with Gasteiger partial charge in [-0.1, -0.05) is 65.7 Å². The molecule has 156 valence electrons. The van der Waals surface area contributed by atoms with Crippen molar-refractivity contribution in [3.8, 4) is 0 Å². The van der Waals surface area contributed by atoms with Gasteiger partial charge in [-0.2, -0.15) is 4.31 Å². The number of rotatable bonds is 6. The summed E-state index contributed by atoms with van der Waals surface area (Å²) in [6, 6.07) is 24.0. The van der Waals surface area contributed by atoms with E-state index in [0.29, 0.717) is 28.0 Å². The Kier molecular flexibility index (Phi) is 6.19. The third-order valence-corrected chi connectivity index (χ3v) is 7.99. The molecule has 1 aliphatic rings. The zero-order valence-electron chi connectivity index (χ0n) is 16.4. The molecular formula is C23H22Cl2N2O2S. The number of nitrogens with zero attached hydrogens (tertiary/aromatic N) is 2. The van der Waals surface area contributed by atoms with Gasteiger partial charge in [0.05, 0.1) is 17.0 Å². The average Bonchev–Trinajstić information content (AvgIpc) is 2.72. The molecule has 1 saturated heterocycles.